The van der Waals surface area contributed by atoms with Gasteiger partial charge in [-0.25, -0.2) is 4.79 Å². The lowest BCUT2D eigenvalue weighted by molar-refractivity contribution is 0.182. The molecule has 0 bridgehead atoms. The average molecular weight is 196 g/mol. The zero-order valence-corrected chi connectivity index (χ0v) is 8.80. The van der Waals surface area contributed by atoms with Crippen molar-refractivity contribution in [3.8, 4) is 0 Å². The van der Waals surface area contributed by atoms with E-state index in [1.54, 1.807) is 0 Å². The van der Waals surface area contributed by atoms with Crippen molar-refractivity contribution >= 4 is 6.03 Å². The molecule has 2 amide bonds. The maximum atomic E-state index is 11.4. The SMILES string of the molecule is O=C1NCCCN1CCC1CCCC1. The number of hydrogen-bond donors (Lipinski definition) is 1. The Bertz CT molecular complexity index is 199. The first kappa shape index (κ1) is 9.81. The van der Waals surface area contributed by atoms with Gasteiger partial charge in [-0.05, 0) is 18.8 Å². The summed E-state index contributed by atoms with van der Waals surface area (Å²) in [6, 6.07) is 0.147. The van der Waals surface area contributed by atoms with Crippen molar-refractivity contribution < 1.29 is 4.79 Å². The summed E-state index contributed by atoms with van der Waals surface area (Å²) in [5.74, 6) is 0.893. The number of urea groups is 1. The van der Waals surface area contributed by atoms with E-state index in [2.05, 4.69) is 5.32 Å². The van der Waals surface area contributed by atoms with Gasteiger partial charge in [-0.2, -0.15) is 0 Å². The Kier molecular flexibility index (Phi) is 3.27. The van der Waals surface area contributed by atoms with E-state index in [1.165, 1.54) is 32.1 Å². The molecule has 1 aliphatic heterocycles. The molecule has 3 nitrogen and oxygen atoms in total. The summed E-state index contributed by atoms with van der Waals surface area (Å²) in [5.41, 5.74) is 0. The highest BCUT2D eigenvalue weighted by Crippen LogP contribution is 2.27. The number of carbonyl (C=O) groups is 1. The third kappa shape index (κ3) is 2.40. The Morgan fingerprint density at radius 3 is 2.79 bits per heavy atom. The van der Waals surface area contributed by atoms with Crippen molar-refractivity contribution in [3.05, 3.63) is 0 Å². The largest absolute Gasteiger partial charge is 0.338 e. The Hall–Kier alpha value is -0.730. The highest BCUT2D eigenvalue weighted by Gasteiger charge is 2.20. The van der Waals surface area contributed by atoms with Crippen LogP contribution < -0.4 is 5.32 Å². The summed E-state index contributed by atoms with van der Waals surface area (Å²) >= 11 is 0. The Morgan fingerprint density at radius 1 is 1.29 bits per heavy atom. The molecule has 2 aliphatic rings. The lowest BCUT2D eigenvalue weighted by atomic mass is 10.0. The van der Waals surface area contributed by atoms with E-state index in [1.807, 2.05) is 4.90 Å². The monoisotopic (exact) mass is 196 g/mol. The van der Waals surface area contributed by atoms with Crippen LogP contribution in [0.4, 0.5) is 4.79 Å². The molecule has 0 atom stereocenters. The van der Waals surface area contributed by atoms with Gasteiger partial charge in [0.2, 0.25) is 0 Å². The topological polar surface area (TPSA) is 32.3 Å². The third-order valence-corrected chi connectivity index (χ3v) is 3.45. The van der Waals surface area contributed by atoms with Crippen LogP contribution in [0.3, 0.4) is 0 Å². The molecule has 1 heterocycles. The van der Waals surface area contributed by atoms with Crippen LogP contribution in [0.5, 0.6) is 0 Å². The number of nitrogens with one attached hydrogen (secondary N) is 1. The van der Waals surface area contributed by atoms with E-state index in [-0.39, 0.29) is 6.03 Å². The Balaban J connectivity index is 1.70. The minimum absolute atomic E-state index is 0.147. The molecule has 14 heavy (non-hydrogen) atoms. The molecule has 3 heteroatoms. The van der Waals surface area contributed by atoms with Crippen molar-refractivity contribution in [1.82, 2.24) is 10.2 Å². The van der Waals surface area contributed by atoms with Crippen LogP contribution in [0.25, 0.3) is 0 Å². The summed E-state index contributed by atoms with van der Waals surface area (Å²) in [4.78, 5) is 13.4. The lowest BCUT2D eigenvalue weighted by Gasteiger charge is -2.28. The van der Waals surface area contributed by atoms with Crippen LogP contribution in [0.15, 0.2) is 0 Å². The highest BCUT2D eigenvalue weighted by atomic mass is 16.2. The van der Waals surface area contributed by atoms with E-state index < -0.39 is 0 Å². The van der Waals surface area contributed by atoms with Gasteiger partial charge in [0.05, 0.1) is 0 Å². The first-order chi connectivity index (χ1) is 6.86. The molecule has 1 saturated heterocycles. The summed E-state index contributed by atoms with van der Waals surface area (Å²) in [6.45, 7) is 2.79. The first-order valence-corrected chi connectivity index (χ1v) is 5.89. The fraction of sp³-hybridized carbons (Fsp3) is 0.909. The molecular weight excluding hydrogens is 176 g/mol. The zero-order chi connectivity index (χ0) is 9.80. The van der Waals surface area contributed by atoms with Gasteiger partial charge in [-0.1, -0.05) is 25.7 Å². The average Bonchev–Trinajstić information content (AvgIpc) is 2.69. The lowest BCUT2D eigenvalue weighted by Crippen LogP contribution is -2.46. The Labute approximate surface area is 85.8 Å². The van der Waals surface area contributed by atoms with Crippen molar-refractivity contribution in [3.63, 3.8) is 0 Å². The fourth-order valence-corrected chi connectivity index (χ4v) is 2.53. The molecule has 0 spiro atoms. The normalized spacial score (nSPS) is 24.0. The minimum Gasteiger partial charge on any atom is -0.338 e. The van der Waals surface area contributed by atoms with Gasteiger partial charge >= 0.3 is 6.03 Å². The van der Waals surface area contributed by atoms with Gasteiger partial charge in [-0.3, -0.25) is 0 Å². The number of carbonyl (C=O) groups excluding carboxylic acids is 1. The maximum Gasteiger partial charge on any atom is 0.317 e. The number of hydrogen-bond acceptors (Lipinski definition) is 1. The number of nitrogens with zero attached hydrogens (tertiary/aromatic N) is 1. The third-order valence-electron chi connectivity index (χ3n) is 3.45. The Morgan fingerprint density at radius 2 is 2.07 bits per heavy atom. The minimum atomic E-state index is 0.147. The molecule has 1 aliphatic carbocycles. The second-order valence-electron chi connectivity index (χ2n) is 4.51. The van der Waals surface area contributed by atoms with Gasteiger partial charge in [0, 0.05) is 19.6 Å². The van der Waals surface area contributed by atoms with Crippen LogP contribution >= 0.6 is 0 Å². The highest BCUT2D eigenvalue weighted by molar-refractivity contribution is 5.74. The smallest absolute Gasteiger partial charge is 0.317 e. The summed E-state index contributed by atoms with van der Waals surface area (Å²) in [5, 5.41) is 2.89. The number of rotatable bonds is 3. The standard InChI is InChI=1S/C11H20N2O/c14-11-12-7-3-8-13(11)9-6-10-4-1-2-5-10/h10H,1-9H2,(H,12,14). The summed E-state index contributed by atoms with van der Waals surface area (Å²) in [6.07, 6.45) is 7.89. The van der Waals surface area contributed by atoms with E-state index in [0.717, 1.165) is 32.0 Å². The van der Waals surface area contributed by atoms with E-state index in [0.29, 0.717) is 0 Å². The van der Waals surface area contributed by atoms with Gasteiger partial charge in [0.25, 0.3) is 0 Å². The molecule has 1 saturated carbocycles. The van der Waals surface area contributed by atoms with Crippen molar-refractivity contribution in [2.45, 2.75) is 38.5 Å². The van der Waals surface area contributed by atoms with Crippen LogP contribution in [0.1, 0.15) is 38.5 Å². The van der Waals surface area contributed by atoms with E-state index >= 15 is 0 Å². The van der Waals surface area contributed by atoms with Gasteiger partial charge in [0.15, 0.2) is 0 Å². The molecule has 1 N–H and O–H groups in total. The van der Waals surface area contributed by atoms with Gasteiger partial charge < -0.3 is 10.2 Å². The molecule has 0 aromatic carbocycles. The van der Waals surface area contributed by atoms with Crippen LogP contribution in [-0.4, -0.2) is 30.6 Å². The van der Waals surface area contributed by atoms with Gasteiger partial charge in [-0.15, -0.1) is 0 Å². The molecule has 2 fully saturated rings. The second-order valence-corrected chi connectivity index (χ2v) is 4.51. The van der Waals surface area contributed by atoms with E-state index in [9.17, 15) is 4.79 Å². The molecule has 0 radical (unpaired) electrons. The van der Waals surface area contributed by atoms with Crippen molar-refractivity contribution in [1.29, 1.82) is 0 Å². The van der Waals surface area contributed by atoms with Crippen molar-refractivity contribution in [2.24, 2.45) is 5.92 Å². The molecule has 80 valence electrons. The van der Waals surface area contributed by atoms with Crippen molar-refractivity contribution in [2.75, 3.05) is 19.6 Å². The first-order valence-electron chi connectivity index (χ1n) is 5.89. The molecule has 0 aromatic rings. The summed E-state index contributed by atoms with van der Waals surface area (Å²) < 4.78 is 0. The van der Waals surface area contributed by atoms with E-state index in [4.69, 9.17) is 0 Å². The maximum absolute atomic E-state index is 11.4. The molecule has 0 aromatic heterocycles. The zero-order valence-electron chi connectivity index (χ0n) is 8.80. The fourth-order valence-electron chi connectivity index (χ4n) is 2.53. The second kappa shape index (κ2) is 4.67. The van der Waals surface area contributed by atoms with Gasteiger partial charge in [0.1, 0.15) is 0 Å². The number of amides is 2. The predicted molar refractivity (Wildman–Crippen MR) is 56.2 cm³/mol. The predicted octanol–water partition coefficient (Wildman–Crippen LogP) is 1.98. The molecule has 0 unspecified atom stereocenters. The molecule has 2 rings (SSSR count). The quantitative estimate of drug-likeness (QED) is 0.735. The molecular formula is C11H20N2O. The van der Waals surface area contributed by atoms with Crippen LogP contribution in [-0.2, 0) is 0 Å². The summed E-state index contributed by atoms with van der Waals surface area (Å²) in [7, 11) is 0. The van der Waals surface area contributed by atoms with Crippen LogP contribution in [0.2, 0.25) is 0 Å². The van der Waals surface area contributed by atoms with Crippen LogP contribution in [0, 0.1) is 5.92 Å².